The first-order valence-corrected chi connectivity index (χ1v) is 11.4. The van der Waals surface area contributed by atoms with Gasteiger partial charge in [0.1, 0.15) is 11.3 Å². The van der Waals surface area contributed by atoms with Gasteiger partial charge < -0.3 is 24.6 Å². The van der Waals surface area contributed by atoms with Gasteiger partial charge in [-0.05, 0) is 50.7 Å². The van der Waals surface area contributed by atoms with Crippen molar-refractivity contribution in [1.29, 1.82) is 0 Å². The highest BCUT2D eigenvalue weighted by atomic mass is 35.5. The maximum atomic E-state index is 12.8. The molecule has 0 spiro atoms. The van der Waals surface area contributed by atoms with E-state index in [-0.39, 0.29) is 6.61 Å². The minimum absolute atomic E-state index is 0.283. The van der Waals surface area contributed by atoms with Crippen LogP contribution < -0.4 is 15.0 Å². The molecule has 1 N–H and O–H groups in total. The molecule has 0 amide bonds. The number of hydrogen-bond donors (Lipinski definition) is 1. The number of piperazine rings is 1. The van der Waals surface area contributed by atoms with E-state index < -0.39 is 5.97 Å². The van der Waals surface area contributed by atoms with Gasteiger partial charge in [0.05, 0.1) is 30.6 Å². The van der Waals surface area contributed by atoms with Crippen molar-refractivity contribution in [2.75, 3.05) is 57.2 Å². The molecule has 2 aromatic carbocycles. The van der Waals surface area contributed by atoms with E-state index in [2.05, 4.69) is 33.2 Å². The normalized spacial score (nSPS) is 14.4. The van der Waals surface area contributed by atoms with Crippen LogP contribution in [0.2, 0.25) is 5.02 Å². The molecule has 0 aliphatic carbocycles. The Morgan fingerprint density at radius 3 is 2.61 bits per heavy atom. The summed E-state index contributed by atoms with van der Waals surface area (Å²) in [5.41, 5.74) is 4.57. The van der Waals surface area contributed by atoms with Crippen molar-refractivity contribution in [2.45, 2.75) is 13.8 Å². The second kappa shape index (κ2) is 9.85. The molecule has 1 aliphatic rings. The first-order chi connectivity index (χ1) is 15.9. The first-order valence-electron chi connectivity index (χ1n) is 11.1. The number of ether oxygens (including phenoxy) is 2. The van der Waals surface area contributed by atoms with Crippen LogP contribution in [0.1, 0.15) is 22.8 Å². The molecule has 0 atom stereocenters. The van der Waals surface area contributed by atoms with Gasteiger partial charge in [0.2, 0.25) is 0 Å². The van der Waals surface area contributed by atoms with E-state index in [0.717, 1.165) is 59.8 Å². The van der Waals surface area contributed by atoms with E-state index >= 15 is 0 Å². The third-order valence-corrected chi connectivity index (χ3v) is 6.19. The van der Waals surface area contributed by atoms with Crippen LogP contribution in [0.25, 0.3) is 10.9 Å². The zero-order chi connectivity index (χ0) is 23.5. The Labute approximate surface area is 199 Å². The SMILES string of the molecule is CCOC(=O)c1cnc2cc(OC)c(N3CCN(C)CC3)cc2c1Nc1ccc(Cl)cc1C. The summed E-state index contributed by atoms with van der Waals surface area (Å²) in [7, 11) is 3.80. The third-order valence-electron chi connectivity index (χ3n) is 5.96. The van der Waals surface area contributed by atoms with Crippen LogP contribution >= 0.6 is 11.6 Å². The standard InChI is InChI=1S/C25H29ClN4O3/c1-5-33-25(31)19-15-27-21-14-23(32-4)22(30-10-8-29(3)9-11-30)13-18(21)24(19)28-20-7-6-17(26)12-16(20)2/h6-7,12-15H,5,8-11H2,1-4H3,(H,27,28). The highest BCUT2D eigenvalue weighted by molar-refractivity contribution is 6.30. The lowest BCUT2D eigenvalue weighted by molar-refractivity contribution is 0.0527. The summed E-state index contributed by atoms with van der Waals surface area (Å²) in [5.74, 6) is 0.343. The van der Waals surface area contributed by atoms with Crippen LogP contribution in [0.3, 0.4) is 0 Å². The van der Waals surface area contributed by atoms with E-state index in [4.69, 9.17) is 21.1 Å². The van der Waals surface area contributed by atoms with Crippen LogP contribution in [0, 0.1) is 6.92 Å². The minimum Gasteiger partial charge on any atom is -0.495 e. The number of benzene rings is 2. The predicted molar refractivity (Wildman–Crippen MR) is 133 cm³/mol. The molecule has 0 bridgehead atoms. The van der Waals surface area contributed by atoms with Crippen molar-refractivity contribution in [1.82, 2.24) is 9.88 Å². The number of likely N-dealkylation sites (N-methyl/N-ethyl adjacent to an activating group) is 1. The Hall–Kier alpha value is -3.03. The van der Waals surface area contributed by atoms with Gasteiger partial charge in [-0.1, -0.05) is 11.6 Å². The Bertz CT molecular complexity index is 1180. The summed E-state index contributed by atoms with van der Waals surface area (Å²) < 4.78 is 11.0. The monoisotopic (exact) mass is 468 g/mol. The number of nitrogens with zero attached hydrogens (tertiary/aromatic N) is 3. The van der Waals surface area contributed by atoms with Crippen LogP contribution in [0.5, 0.6) is 5.75 Å². The maximum absolute atomic E-state index is 12.8. The maximum Gasteiger partial charge on any atom is 0.341 e. The lowest BCUT2D eigenvalue weighted by Gasteiger charge is -2.35. The lowest BCUT2D eigenvalue weighted by Crippen LogP contribution is -2.44. The molecule has 3 aromatic rings. The van der Waals surface area contributed by atoms with E-state index in [9.17, 15) is 4.79 Å². The number of aromatic nitrogens is 1. The number of esters is 1. The van der Waals surface area contributed by atoms with Crippen molar-refractivity contribution < 1.29 is 14.3 Å². The number of carbonyl (C=O) groups excluding carboxylic acids is 1. The molecule has 4 rings (SSSR count). The fourth-order valence-electron chi connectivity index (χ4n) is 4.07. The molecule has 1 saturated heterocycles. The Kier molecular flexibility index (Phi) is 6.91. The summed E-state index contributed by atoms with van der Waals surface area (Å²) in [4.78, 5) is 22.0. The molecular weight excluding hydrogens is 440 g/mol. The first kappa shape index (κ1) is 23.1. The van der Waals surface area contributed by atoms with E-state index in [0.29, 0.717) is 16.3 Å². The van der Waals surface area contributed by atoms with Crippen LogP contribution in [0.4, 0.5) is 17.1 Å². The lowest BCUT2D eigenvalue weighted by atomic mass is 10.1. The fourth-order valence-corrected chi connectivity index (χ4v) is 4.29. The Balaban J connectivity index is 1.89. The van der Waals surface area contributed by atoms with Gasteiger partial charge in [-0.3, -0.25) is 4.98 Å². The second-order valence-corrected chi connectivity index (χ2v) is 8.62. The molecule has 0 unspecified atom stereocenters. The highest BCUT2D eigenvalue weighted by Crippen LogP contribution is 2.39. The Morgan fingerprint density at radius 2 is 1.94 bits per heavy atom. The average molecular weight is 469 g/mol. The molecule has 0 saturated carbocycles. The number of hydrogen-bond acceptors (Lipinski definition) is 7. The number of rotatable bonds is 6. The molecule has 1 aromatic heterocycles. The van der Waals surface area contributed by atoms with E-state index in [1.807, 2.05) is 31.2 Å². The predicted octanol–water partition coefficient (Wildman–Crippen LogP) is 4.88. The van der Waals surface area contributed by atoms with Crippen LogP contribution in [-0.2, 0) is 4.74 Å². The molecule has 33 heavy (non-hydrogen) atoms. The average Bonchev–Trinajstić information content (AvgIpc) is 2.80. The number of carbonyl (C=O) groups is 1. The third kappa shape index (κ3) is 4.84. The topological polar surface area (TPSA) is 66.9 Å². The number of anilines is 3. The molecule has 7 nitrogen and oxygen atoms in total. The number of fused-ring (bicyclic) bond motifs is 1. The number of pyridine rings is 1. The Morgan fingerprint density at radius 1 is 1.18 bits per heavy atom. The zero-order valence-corrected chi connectivity index (χ0v) is 20.2. The van der Waals surface area contributed by atoms with Gasteiger partial charge in [-0.2, -0.15) is 0 Å². The molecule has 174 valence electrons. The van der Waals surface area contributed by atoms with Crippen molar-refractivity contribution in [3.05, 3.63) is 52.7 Å². The quantitative estimate of drug-likeness (QED) is 0.517. The van der Waals surface area contributed by atoms with Crippen molar-refractivity contribution in [3.8, 4) is 5.75 Å². The molecular formula is C25H29ClN4O3. The fraction of sp³-hybridized carbons (Fsp3) is 0.360. The molecule has 1 fully saturated rings. The van der Waals surface area contributed by atoms with Crippen molar-refractivity contribution in [3.63, 3.8) is 0 Å². The van der Waals surface area contributed by atoms with E-state index in [1.54, 1.807) is 20.2 Å². The van der Waals surface area contributed by atoms with Crippen molar-refractivity contribution in [2.24, 2.45) is 0 Å². The number of nitrogens with one attached hydrogen (secondary N) is 1. The molecule has 0 radical (unpaired) electrons. The number of halogens is 1. The molecule has 8 heteroatoms. The molecule has 1 aliphatic heterocycles. The van der Waals surface area contributed by atoms with Gasteiger partial charge in [0, 0.05) is 54.5 Å². The van der Waals surface area contributed by atoms with E-state index in [1.165, 1.54) is 0 Å². The summed E-state index contributed by atoms with van der Waals surface area (Å²) >= 11 is 6.15. The van der Waals surface area contributed by atoms with Gasteiger partial charge in [-0.25, -0.2) is 4.79 Å². The van der Waals surface area contributed by atoms with Gasteiger partial charge in [0.25, 0.3) is 0 Å². The van der Waals surface area contributed by atoms with Gasteiger partial charge in [0.15, 0.2) is 0 Å². The summed E-state index contributed by atoms with van der Waals surface area (Å²) in [6, 6.07) is 9.60. The van der Waals surface area contributed by atoms with Gasteiger partial charge >= 0.3 is 5.97 Å². The highest BCUT2D eigenvalue weighted by Gasteiger charge is 2.23. The summed E-state index contributed by atoms with van der Waals surface area (Å²) in [5, 5.41) is 4.94. The second-order valence-electron chi connectivity index (χ2n) is 8.18. The minimum atomic E-state index is -0.419. The smallest absolute Gasteiger partial charge is 0.341 e. The van der Waals surface area contributed by atoms with Crippen molar-refractivity contribution >= 4 is 45.5 Å². The molecule has 2 heterocycles. The summed E-state index contributed by atoms with van der Waals surface area (Å²) in [6.07, 6.45) is 1.56. The zero-order valence-electron chi connectivity index (χ0n) is 19.4. The summed E-state index contributed by atoms with van der Waals surface area (Å²) in [6.45, 7) is 7.77. The number of methoxy groups -OCH3 is 1. The largest absolute Gasteiger partial charge is 0.495 e. The number of aryl methyl sites for hydroxylation is 1. The van der Waals surface area contributed by atoms with Crippen LogP contribution in [-0.4, -0.2) is 62.8 Å². The van der Waals surface area contributed by atoms with Gasteiger partial charge in [-0.15, -0.1) is 0 Å². The van der Waals surface area contributed by atoms with Crippen LogP contribution in [0.15, 0.2) is 36.5 Å².